The van der Waals surface area contributed by atoms with Crippen molar-refractivity contribution in [2.75, 3.05) is 20.8 Å². The number of carbonyl (C=O) groups excluding carboxylic acids is 1. The number of pyridine rings is 1. The van der Waals surface area contributed by atoms with E-state index in [0.717, 1.165) is 6.07 Å². The minimum atomic E-state index is -4.17. The molecule has 1 fully saturated rings. The van der Waals surface area contributed by atoms with Gasteiger partial charge in [0.1, 0.15) is 5.69 Å². The van der Waals surface area contributed by atoms with Gasteiger partial charge in [0, 0.05) is 12.8 Å². The van der Waals surface area contributed by atoms with Gasteiger partial charge in [0.2, 0.25) is 5.82 Å². The maximum Gasteiger partial charge on any atom is 1.00 e. The summed E-state index contributed by atoms with van der Waals surface area (Å²) in [6.45, 7) is 1.80. The van der Waals surface area contributed by atoms with Gasteiger partial charge < -0.3 is 20.5 Å². The van der Waals surface area contributed by atoms with Gasteiger partial charge in [0.15, 0.2) is 17.7 Å². The van der Waals surface area contributed by atoms with Gasteiger partial charge in [-0.15, -0.1) is 12.7 Å². The average Bonchev–Trinajstić information content (AvgIpc) is 3.17. The number of carbonyl (C=O) groups is 1. The zero-order chi connectivity index (χ0) is 23.6. The Kier molecular flexibility index (Phi) is 14.2. The van der Waals surface area contributed by atoms with Crippen LogP contribution in [-0.4, -0.2) is 43.9 Å². The summed E-state index contributed by atoms with van der Waals surface area (Å²) in [7, 11) is 2.93. The molecule has 2 aromatic rings. The van der Waals surface area contributed by atoms with Crippen molar-refractivity contribution in [3.8, 4) is 5.75 Å². The maximum absolute atomic E-state index is 12.5. The number of primary amides is 1. The Morgan fingerprint density at radius 1 is 1.28 bits per heavy atom. The number of benzene rings is 1. The number of amides is 1. The summed E-state index contributed by atoms with van der Waals surface area (Å²) in [6.07, 6.45) is -3.67. The number of methoxy groups -OCH3 is 1. The van der Waals surface area contributed by atoms with Crippen LogP contribution >= 0.6 is 0 Å². The van der Waals surface area contributed by atoms with E-state index >= 15 is 0 Å². The van der Waals surface area contributed by atoms with Crippen molar-refractivity contribution in [1.29, 1.82) is 0 Å². The predicted molar refractivity (Wildman–Crippen MR) is 104 cm³/mol. The Morgan fingerprint density at radius 2 is 1.94 bits per heavy atom. The van der Waals surface area contributed by atoms with Crippen molar-refractivity contribution in [2.24, 2.45) is 11.7 Å². The van der Waals surface area contributed by atoms with E-state index in [1.54, 1.807) is 26.1 Å². The quantitative estimate of drug-likeness (QED) is 0.528. The van der Waals surface area contributed by atoms with Crippen LogP contribution in [-0.2, 0) is 4.74 Å². The Balaban J connectivity index is 0.000000444. The molecule has 2 atom stereocenters. The zero-order valence-electron chi connectivity index (χ0n) is 18.1. The number of hydrogen-bond donors (Lipinski definition) is 1. The minimum absolute atomic E-state index is 0. The second-order valence-corrected chi connectivity index (χ2v) is 6.34. The molecule has 0 aliphatic carbocycles. The smallest absolute Gasteiger partial charge is 0.687 e. The van der Waals surface area contributed by atoms with Crippen molar-refractivity contribution in [3.63, 3.8) is 0 Å². The normalized spacial score (nSPS) is 17.0. The van der Waals surface area contributed by atoms with Crippen LogP contribution in [0.1, 0.15) is 23.8 Å². The molecule has 3 rings (SSSR count). The summed E-state index contributed by atoms with van der Waals surface area (Å²) in [4.78, 5) is 14.3. The molecule has 172 valence electrons. The molecule has 0 spiro atoms. The van der Waals surface area contributed by atoms with Gasteiger partial charge in [-0.25, -0.2) is 4.39 Å². The Hall–Kier alpha value is -1.31. The number of rotatable bonds is 3. The van der Waals surface area contributed by atoms with Gasteiger partial charge in [-0.3, -0.25) is 9.78 Å². The first-order valence-corrected chi connectivity index (χ1v) is 9.03. The number of nitrogens with zero attached hydrogens (tertiary/aromatic N) is 2. The van der Waals surface area contributed by atoms with E-state index in [-0.39, 0.29) is 75.4 Å². The van der Waals surface area contributed by atoms with Crippen LogP contribution in [0.15, 0.2) is 36.5 Å². The fraction of sp³-hybridized carbons (Fsp3) is 0.400. The second kappa shape index (κ2) is 14.8. The summed E-state index contributed by atoms with van der Waals surface area (Å²) >= 11 is 0. The van der Waals surface area contributed by atoms with Crippen LogP contribution in [0.2, 0.25) is 0 Å². The molecule has 32 heavy (non-hydrogen) atoms. The molecular formula is C20H23F5KN3O3. The van der Waals surface area contributed by atoms with Gasteiger partial charge in [-0.05, 0) is 30.5 Å². The first-order valence-electron chi connectivity index (χ1n) is 9.03. The number of aromatic nitrogens is 1. The topological polar surface area (TPSA) is 88.5 Å². The van der Waals surface area contributed by atoms with Crippen LogP contribution in [0.25, 0.3) is 5.32 Å². The number of nitrogens with two attached hydrogens (primary N) is 1. The van der Waals surface area contributed by atoms with E-state index in [2.05, 4.69) is 19.8 Å². The van der Waals surface area contributed by atoms with E-state index in [0.29, 0.717) is 12.1 Å². The molecule has 12 heteroatoms. The van der Waals surface area contributed by atoms with Crippen LogP contribution in [0.4, 0.5) is 27.6 Å². The number of ether oxygens (including phenoxy) is 2. The van der Waals surface area contributed by atoms with Crippen molar-refractivity contribution < 1.29 is 87.6 Å². The molecule has 1 aliphatic rings. The number of halogens is 5. The summed E-state index contributed by atoms with van der Waals surface area (Å²) in [5, 5.41) is 3.87. The van der Waals surface area contributed by atoms with Crippen molar-refractivity contribution >= 4 is 11.6 Å². The molecule has 0 radical (unpaired) electrons. The zero-order valence-corrected chi connectivity index (χ0v) is 21.2. The Labute approximate surface area is 225 Å². The third-order valence-electron chi connectivity index (χ3n) is 4.10. The molecule has 0 bridgehead atoms. The molecule has 2 heterocycles. The molecule has 2 unspecified atom stereocenters. The molecular weight excluding hydrogens is 464 g/mol. The monoisotopic (exact) mass is 487 g/mol. The first kappa shape index (κ1) is 30.7. The van der Waals surface area contributed by atoms with Crippen LogP contribution in [0.5, 0.6) is 5.75 Å². The minimum Gasteiger partial charge on any atom is -0.687 e. The summed E-state index contributed by atoms with van der Waals surface area (Å²) < 4.78 is 69.5. The van der Waals surface area contributed by atoms with E-state index in [9.17, 15) is 26.7 Å². The summed E-state index contributed by atoms with van der Waals surface area (Å²) in [6, 6.07) is 7.03. The SMILES string of the molecule is CC1CCOC1C(F)(F)F.COc1cccc(F)c1F.C[N-]c1ccnc(C(N)=O)c1.[K+]. The third kappa shape index (κ3) is 10.1. The van der Waals surface area contributed by atoms with Crippen LogP contribution in [0.3, 0.4) is 0 Å². The Morgan fingerprint density at radius 3 is 2.34 bits per heavy atom. The molecule has 1 aromatic carbocycles. The molecule has 6 nitrogen and oxygen atoms in total. The van der Waals surface area contributed by atoms with Crippen LogP contribution in [0, 0.1) is 17.6 Å². The fourth-order valence-electron chi connectivity index (χ4n) is 2.45. The van der Waals surface area contributed by atoms with Crippen molar-refractivity contribution in [1.82, 2.24) is 4.98 Å². The maximum atomic E-state index is 12.5. The first-order chi connectivity index (χ1) is 14.5. The van der Waals surface area contributed by atoms with Gasteiger partial charge in [-0.2, -0.15) is 17.6 Å². The molecule has 2 N–H and O–H groups in total. The molecule has 0 saturated carbocycles. The fourth-order valence-corrected chi connectivity index (χ4v) is 2.45. The molecule has 1 aromatic heterocycles. The third-order valence-corrected chi connectivity index (χ3v) is 4.10. The average molecular weight is 488 g/mol. The van der Waals surface area contributed by atoms with Crippen molar-refractivity contribution in [2.45, 2.75) is 25.6 Å². The van der Waals surface area contributed by atoms with E-state index < -0.39 is 29.8 Å². The number of alkyl halides is 3. The van der Waals surface area contributed by atoms with E-state index in [1.165, 1.54) is 25.4 Å². The van der Waals surface area contributed by atoms with E-state index in [4.69, 9.17) is 5.73 Å². The standard InChI is InChI=1S/C7H6F2O.C7H9N3O.C6H9F3O.K/c1-10-6-4-2-3-5(8)7(6)9;1-9-5-2-3-10-6(4-5)7(8)11;1-4-2-3-10-5(4)6(7,8)9;/h2-4H,1H3;2-4H,1H3,(H3,8,9,10,11);4-5H,2-3H2,1H3;/q;;;+1/p-1. The second-order valence-electron chi connectivity index (χ2n) is 6.34. The predicted octanol–water partition coefficient (Wildman–Crippen LogP) is 1.77. The van der Waals surface area contributed by atoms with Crippen LogP contribution < -0.4 is 61.9 Å². The van der Waals surface area contributed by atoms with Crippen molar-refractivity contribution in [3.05, 3.63) is 59.2 Å². The molecule has 1 aliphatic heterocycles. The molecule has 1 saturated heterocycles. The van der Waals surface area contributed by atoms with Gasteiger partial charge in [0.25, 0.3) is 5.91 Å². The Bertz CT molecular complexity index is 855. The van der Waals surface area contributed by atoms with Gasteiger partial charge >= 0.3 is 57.6 Å². The summed E-state index contributed by atoms with van der Waals surface area (Å²) in [5.41, 5.74) is 5.94. The summed E-state index contributed by atoms with van der Waals surface area (Å²) in [5.74, 6) is -2.81. The molecule has 1 amide bonds. The van der Waals surface area contributed by atoms with Gasteiger partial charge in [0.05, 0.1) is 7.11 Å². The number of hydrogen-bond acceptors (Lipinski definition) is 4. The van der Waals surface area contributed by atoms with E-state index in [1.807, 2.05) is 0 Å². The van der Waals surface area contributed by atoms with Gasteiger partial charge in [-0.1, -0.05) is 19.1 Å². The largest absolute Gasteiger partial charge is 1.00 e.